The van der Waals surface area contributed by atoms with Gasteiger partial charge in [-0.3, -0.25) is 0 Å². The van der Waals surface area contributed by atoms with E-state index in [-0.39, 0.29) is 0 Å². The highest BCUT2D eigenvalue weighted by Crippen LogP contribution is 2.65. The summed E-state index contributed by atoms with van der Waals surface area (Å²) >= 11 is 0. The Hall–Kier alpha value is -0.750. The van der Waals surface area contributed by atoms with E-state index < -0.39 is 35.3 Å². The molecule has 0 aromatic carbocycles. The van der Waals surface area contributed by atoms with Crippen LogP contribution < -0.4 is 0 Å². The largest absolute Gasteiger partial charge is 0.375 e. The minimum atomic E-state index is -6.83. The molecule has 0 amide bonds. The van der Waals surface area contributed by atoms with E-state index in [9.17, 15) is 39.5 Å². The lowest BCUT2D eigenvalue weighted by Gasteiger charge is -2.51. The summed E-state index contributed by atoms with van der Waals surface area (Å²) in [6.45, 7) is 0. The van der Waals surface area contributed by atoms with Crippen LogP contribution in [-0.4, -0.2) is 50.7 Å². The summed E-state index contributed by atoms with van der Waals surface area (Å²) in [4.78, 5) is 0. The monoisotopic (exact) mass is 294 g/mol. The van der Waals surface area contributed by atoms with Crippen molar-refractivity contribution in [3.63, 3.8) is 0 Å². The molecule has 1 aliphatic rings. The van der Waals surface area contributed by atoms with E-state index in [0.717, 1.165) is 0 Å². The van der Waals surface area contributed by atoms with Crippen molar-refractivity contribution < 1.29 is 54.8 Å². The maximum atomic E-state index is 12.7. The zero-order chi connectivity index (χ0) is 15.0. The predicted octanol–water partition coefficient (Wildman–Crippen LogP) is 0.880. The molecule has 0 atom stereocenters. The molecule has 1 rings (SSSR count). The molecule has 0 bridgehead atoms. The number of alkyl halides is 9. The lowest BCUT2D eigenvalue weighted by atomic mass is 9.77. The molecular formula is C6H3F9O3. The van der Waals surface area contributed by atoms with Gasteiger partial charge >= 0.3 is 35.3 Å². The van der Waals surface area contributed by atoms with Gasteiger partial charge in [-0.05, 0) is 0 Å². The first-order valence-electron chi connectivity index (χ1n) is 3.87. The normalized spacial score (nSPS) is 50.0. The van der Waals surface area contributed by atoms with E-state index in [1.807, 2.05) is 0 Å². The van der Waals surface area contributed by atoms with E-state index in [4.69, 9.17) is 15.3 Å². The van der Waals surface area contributed by atoms with Gasteiger partial charge in [-0.2, -0.15) is 39.5 Å². The SMILES string of the molecule is OC1(F)C(F)(F)C(O)(F)C(F)(F)C(O)(F)C1(F)F. The van der Waals surface area contributed by atoms with Crippen molar-refractivity contribution in [1.29, 1.82) is 0 Å². The Balaban J connectivity index is 3.72. The summed E-state index contributed by atoms with van der Waals surface area (Å²) in [7, 11) is 0. The molecule has 1 saturated carbocycles. The molecule has 0 aliphatic heterocycles. The summed E-state index contributed by atoms with van der Waals surface area (Å²) in [6, 6.07) is 0. The van der Waals surface area contributed by atoms with Gasteiger partial charge in [0.25, 0.3) is 0 Å². The lowest BCUT2D eigenvalue weighted by molar-refractivity contribution is -0.542. The van der Waals surface area contributed by atoms with Crippen LogP contribution in [0.1, 0.15) is 0 Å². The van der Waals surface area contributed by atoms with Crippen molar-refractivity contribution in [2.45, 2.75) is 35.3 Å². The van der Waals surface area contributed by atoms with Crippen molar-refractivity contribution >= 4 is 0 Å². The van der Waals surface area contributed by atoms with Gasteiger partial charge < -0.3 is 15.3 Å². The summed E-state index contributed by atoms with van der Waals surface area (Å²) in [5.74, 6) is -40.3. The number of hydrogen-bond donors (Lipinski definition) is 3. The molecule has 12 heteroatoms. The van der Waals surface area contributed by atoms with E-state index in [1.165, 1.54) is 0 Å². The topological polar surface area (TPSA) is 60.7 Å². The smallest absolute Gasteiger partial charge is 0.352 e. The van der Waals surface area contributed by atoms with Gasteiger partial charge in [0, 0.05) is 0 Å². The zero-order valence-electron chi connectivity index (χ0n) is 7.74. The molecule has 0 heterocycles. The van der Waals surface area contributed by atoms with Gasteiger partial charge in [0.2, 0.25) is 0 Å². The van der Waals surface area contributed by atoms with Gasteiger partial charge in [-0.1, -0.05) is 0 Å². The molecule has 3 nitrogen and oxygen atoms in total. The Labute approximate surface area is 91.4 Å². The molecule has 1 fully saturated rings. The fourth-order valence-electron chi connectivity index (χ4n) is 1.25. The molecule has 0 aromatic heterocycles. The van der Waals surface area contributed by atoms with Gasteiger partial charge in [-0.25, -0.2) is 0 Å². The fraction of sp³-hybridized carbons (Fsp3) is 1.00. The van der Waals surface area contributed by atoms with Crippen LogP contribution in [0, 0.1) is 0 Å². The van der Waals surface area contributed by atoms with Crippen molar-refractivity contribution in [2.75, 3.05) is 0 Å². The molecule has 1 aliphatic carbocycles. The van der Waals surface area contributed by atoms with E-state index in [1.54, 1.807) is 0 Å². The third kappa shape index (κ3) is 1.09. The fourth-order valence-corrected chi connectivity index (χ4v) is 1.25. The van der Waals surface area contributed by atoms with Crippen molar-refractivity contribution in [3.05, 3.63) is 0 Å². The van der Waals surface area contributed by atoms with Crippen LogP contribution in [0.15, 0.2) is 0 Å². The number of aliphatic hydroxyl groups is 3. The molecule has 0 unspecified atom stereocenters. The highest BCUT2D eigenvalue weighted by Gasteiger charge is 2.99. The van der Waals surface area contributed by atoms with Crippen molar-refractivity contribution in [2.24, 2.45) is 0 Å². The second-order valence-electron chi connectivity index (χ2n) is 3.59. The third-order valence-corrected chi connectivity index (χ3v) is 2.50. The van der Waals surface area contributed by atoms with Gasteiger partial charge in [0.15, 0.2) is 0 Å². The molecule has 108 valence electrons. The van der Waals surface area contributed by atoms with E-state index >= 15 is 0 Å². The molecule has 0 spiro atoms. The average molecular weight is 294 g/mol. The first-order chi connectivity index (χ1) is 7.50. The van der Waals surface area contributed by atoms with Gasteiger partial charge in [0.05, 0.1) is 0 Å². The maximum Gasteiger partial charge on any atom is 0.375 e. The van der Waals surface area contributed by atoms with Crippen LogP contribution in [0.4, 0.5) is 39.5 Å². The van der Waals surface area contributed by atoms with E-state index in [2.05, 4.69) is 0 Å². The van der Waals surface area contributed by atoms with Crippen molar-refractivity contribution in [3.8, 4) is 0 Å². The molecule has 18 heavy (non-hydrogen) atoms. The first kappa shape index (κ1) is 15.3. The van der Waals surface area contributed by atoms with Gasteiger partial charge in [-0.15, -0.1) is 0 Å². The van der Waals surface area contributed by atoms with Crippen LogP contribution >= 0.6 is 0 Å². The van der Waals surface area contributed by atoms with Crippen LogP contribution in [0.5, 0.6) is 0 Å². The molecule has 0 saturated heterocycles. The maximum absolute atomic E-state index is 12.7. The molecule has 0 radical (unpaired) electrons. The average Bonchev–Trinajstić information content (AvgIpc) is 2.14. The predicted molar refractivity (Wildman–Crippen MR) is 33.0 cm³/mol. The second kappa shape index (κ2) is 3.04. The number of hydrogen-bond acceptors (Lipinski definition) is 3. The Kier molecular flexibility index (Phi) is 2.59. The Morgan fingerprint density at radius 1 is 0.389 bits per heavy atom. The van der Waals surface area contributed by atoms with Crippen LogP contribution in [0.2, 0.25) is 0 Å². The first-order valence-corrected chi connectivity index (χ1v) is 3.87. The second-order valence-corrected chi connectivity index (χ2v) is 3.59. The Morgan fingerprint density at radius 3 is 0.611 bits per heavy atom. The Morgan fingerprint density at radius 2 is 0.500 bits per heavy atom. The Bertz CT molecular complexity index is 257. The highest BCUT2D eigenvalue weighted by molar-refractivity contribution is 5.22. The minimum Gasteiger partial charge on any atom is -0.352 e. The number of rotatable bonds is 0. The summed E-state index contributed by atoms with van der Waals surface area (Å²) < 4.78 is 114. The van der Waals surface area contributed by atoms with E-state index in [0.29, 0.717) is 0 Å². The summed E-state index contributed by atoms with van der Waals surface area (Å²) in [5, 5.41) is 24.1. The third-order valence-electron chi connectivity index (χ3n) is 2.50. The minimum absolute atomic E-state index is 6.60. The quantitative estimate of drug-likeness (QED) is 0.581. The standard InChI is InChI=1S/C6H3F9O3/c7-1(8)4(13,16)2(9,10)6(15,18)3(11,12)5(1,14)17/h16-18H. The molecule has 3 N–H and O–H groups in total. The summed E-state index contributed by atoms with van der Waals surface area (Å²) in [6.07, 6.45) is 0. The van der Waals surface area contributed by atoms with Crippen LogP contribution in [0.3, 0.4) is 0 Å². The van der Waals surface area contributed by atoms with Crippen molar-refractivity contribution in [1.82, 2.24) is 0 Å². The highest BCUT2D eigenvalue weighted by atomic mass is 19.3. The lowest BCUT2D eigenvalue weighted by Crippen LogP contribution is -2.86. The molecular weight excluding hydrogens is 291 g/mol. The zero-order valence-corrected chi connectivity index (χ0v) is 7.74. The number of halogens is 9. The van der Waals surface area contributed by atoms with Gasteiger partial charge in [0.1, 0.15) is 0 Å². The summed E-state index contributed by atoms with van der Waals surface area (Å²) in [5.41, 5.74) is 0. The van der Waals surface area contributed by atoms with Crippen LogP contribution in [0.25, 0.3) is 0 Å². The molecule has 0 aromatic rings. The van der Waals surface area contributed by atoms with Crippen LogP contribution in [-0.2, 0) is 0 Å².